The number of nitrogens with zero attached hydrogens (tertiary/aromatic N) is 4. The molecule has 0 bridgehead atoms. The normalized spacial score (nSPS) is 10.4. The maximum absolute atomic E-state index is 13.5. The van der Waals surface area contributed by atoms with Crippen LogP contribution in [0.15, 0.2) is 48.8 Å². The van der Waals surface area contributed by atoms with Gasteiger partial charge in [0.25, 0.3) is 0 Å². The minimum Gasteiger partial charge on any atom is -0.421 e. The molecule has 1 aromatic carbocycles. The van der Waals surface area contributed by atoms with E-state index in [1.54, 1.807) is 24.5 Å². The molecule has 0 unspecified atom stereocenters. The lowest BCUT2D eigenvalue weighted by molar-refractivity contribution is 0.411. The van der Waals surface area contributed by atoms with Crippen molar-refractivity contribution in [3.05, 3.63) is 60.3 Å². The first-order valence-electron chi connectivity index (χ1n) is 6.27. The largest absolute Gasteiger partial charge is 0.421 e. The minimum absolute atomic E-state index is 0.0731. The van der Waals surface area contributed by atoms with Crippen molar-refractivity contribution in [3.8, 4) is 23.0 Å². The second-order valence-corrected chi connectivity index (χ2v) is 4.35. The van der Waals surface area contributed by atoms with Gasteiger partial charge in [0, 0.05) is 18.0 Å². The summed E-state index contributed by atoms with van der Waals surface area (Å²) in [7, 11) is 0. The number of rotatable bonds is 3. The van der Waals surface area contributed by atoms with Gasteiger partial charge in [-0.15, -0.1) is 0 Å². The Hall–Kier alpha value is -2.89. The molecule has 0 saturated heterocycles. The van der Waals surface area contributed by atoms with Crippen molar-refractivity contribution >= 4 is 0 Å². The van der Waals surface area contributed by atoms with Crippen molar-refractivity contribution in [2.75, 3.05) is 0 Å². The van der Waals surface area contributed by atoms with Crippen molar-refractivity contribution in [2.24, 2.45) is 0 Å². The lowest BCUT2D eigenvalue weighted by Gasteiger charge is -2.05. The van der Waals surface area contributed by atoms with Crippen LogP contribution in [0.25, 0.3) is 11.3 Å². The molecule has 6 heteroatoms. The first kappa shape index (κ1) is 13.1. The number of hydrogen-bond acceptors (Lipinski definition) is 5. The van der Waals surface area contributed by atoms with Crippen LogP contribution in [0, 0.1) is 12.7 Å². The minimum atomic E-state index is -0.463. The summed E-state index contributed by atoms with van der Waals surface area (Å²) in [6.07, 6.45) is 3.12. The third-order valence-corrected chi connectivity index (χ3v) is 2.76. The molecule has 104 valence electrons. The molecule has 2 heterocycles. The monoisotopic (exact) mass is 282 g/mol. The van der Waals surface area contributed by atoms with E-state index < -0.39 is 5.82 Å². The van der Waals surface area contributed by atoms with Crippen molar-refractivity contribution in [1.82, 2.24) is 20.2 Å². The van der Waals surface area contributed by atoms with Crippen molar-refractivity contribution in [1.29, 1.82) is 0 Å². The molecule has 3 rings (SSSR count). The van der Waals surface area contributed by atoms with Crippen LogP contribution in [0.4, 0.5) is 4.39 Å². The summed E-state index contributed by atoms with van der Waals surface area (Å²) in [5.74, 6) is -0.380. The Kier molecular flexibility index (Phi) is 3.51. The van der Waals surface area contributed by atoms with Crippen LogP contribution < -0.4 is 4.74 Å². The van der Waals surface area contributed by atoms with Gasteiger partial charge in [0.1, 0.15) is 0 Å². The zero-order valence-electron chi connectivity index (χ0n) is 11.2. The van der Waals surface area contributed by atoms with Gasteiger partial charge in [0.15, 0.2) is 11.6 Å². The van der Waals surface area contributed by atoms with E-state index in [0.717, 1.165) is 5.69 Å². The van der Waals surface area contributed by atoms with E-state index in [-0.39, 0.29) is 11.8 Å². The Morgan fingerprint density at radius 2 is 1.71 bits per heavy atom. The number of halogens is 1. The van der Waals surface area contributed by atoms with Crippen LogP contribution in [-0.4, -0.2) is 20.2 Å². The van der Waals surface area contributed by atoms with Crippen LogP contribution in [0.5, 0.6) is 11.8 Å². The van der Waals surface area contributed by atoms with E-state index in [9.17, 15) is 4.39 Å². The summed E-state index contributed by atoms with van der Waals surface area (Å²) in [6.45, 7) is 1.86. The molecule has 0 amide bonds. The summed E-state index contributed by atoms with van der Waals surface area (Å²) in [4.78, 5) is 8.09. The second-order valence-electron chi connectivity index (χ2n) is 4.35. The van der Waals surface area contributed by atoms with Gasteiger partial charge in [0.05, 0.1) is 11.4 Å². The molecule has 2 aromatic heterocycles. The number of hydrogen-bond donors (Lipinski definition) is 0. The Morgan fingerprint density at radius 1 is 0.952 bits per heavy atom. The molecule has 0 saturated carbocycles. The summed E-state index contributed by atoms with van der Waals surface area (Å²) in [5, 5.41) is 8.02. The highest BCUT2D eigenvalue weighted by Gasteiger charge is 2.07. The second kappa shape index (κ2) is 5.62. The highest BCUT2D eigenvalue weighted by Crippen LogP contribution is 2.22. The molecular formula is C15H11FN4O. The van der Waals surface area contributed by atoms with Gasteiger partial charge in [-0.2, -0.15) is 10.2 Å². The fraction of sp³-hybridized carbons (Fsp3) is 0.0667. The topological polar surface area (TPSA) is 60.8 Å². The number of aryl methyl sites for hydroxylation is 1. The van der Waals surface area contributed by atoms with Gasteiger partial charge < -0.3 is 4.74 Å². The van der Waals surface area contributed by atoms with Gasteiger partial charge in [-0.25, -0.2) is 14.4 Å². The van der Waals surface area contributed by atoms with E-state index in [0.29, 0.717) is 11.3 Å². The summed E-state index contributed by atoms with van der Waals surface area (Å²) in [5.41, 5.74) is 2.21. The van der Waals surface area contributed by atoms with Gasteiger partial charge in [-0.05, 0) is 31.2 Å². The lowest BCUT2D eigenvalue weighted by atomic mass is 10.2. The molecule has 0 N–H and O–H groups in total. The number of para-hydroxylation sites is 1. The molecule has 0 aliphatic rings. The SMILES string of the molecule is Cc1ccc(-c2cnc(Oc3ccccc3F)nc2)nn1. The van der Waals surface area contributed by atoms with Crippen molar-refractivity contribution < 1.29 is 9.13 Å². The van der Waals surface area contributed by atoms with Gasteiger partial charge in [-0.1, -0.05) is 12.1 Å². The summed E-state index contributed by atoms with van der Waals surface area (Å²) >= 11 is 0. The molecule has 3 aromatic rings. The maximum Gasteiger partial charge on any atom is 0.322 e. The standard InChI is InChI=1S/C15H11FN4O/c1-10-6-7-13(20-19-10)11-8-17-15(18-9-11)21-14-5-3-2-4-12(14)16/h2-9H,1H3. The van der Waals surface area contributed by atoms with E-state index in [2.05, 4.69) is 20.2 Å². The summed E-state index contributed by atoms with van der Waals surface area (Å²) < 4.78 is 18.7. The average Bonchev–Trinajstić information content (AvgIpc) is 2.51. The average molecular weight is 282 g/mol. The van der Waals surface area contributed by atoms with Crippen LogP contribution >= 0.6 is 0 Å². The zero-order valence-corrected chi connectivity index (χ0v) is 11.2. The van der Waals surface area contributed by atoms with Gasteiger partial charge >= 0.3 is 6.01 Å². The van der Waals surface area contributed by atoms with E-state index in [1.807, 2.05) is 19.1 Å². The number of benzene rings is 1. The molecule has 0 aliphatic carbocycles. The number of ether oxygens (including phenoxy) is 1. The van der Waals surface area contributed by atoms with Gasteiger partial charge in [-0.3, -0.25) is 0 Å². The maximum atomic E-state index is 13.5. The molecule has 0 atom stereocenters. The van der Waals surface area contributed by atoms with Crippen LogP contribution in [0.3, 0.4) is 0 Å². The molecule has 0 fully saturated rings. The molecule has 0 aliphatic heterocycles. The van der Waals surface area contributed by atoms with E-state index >= 15 is 0 Å². The third kappa shape index (κ3) is 3.00. The predicted octanol–water partition coefficient (Wildman–Crippen LogP) is 3.17. The van der Waals surface area contributed by atoms with E-state index in [4.69, 9.17) is 4.74 Å². The smallest absolute Gasteiger partial charge is 0.322 e. The Bertz CT molecular complexity index is 744. The number of aromatic nitrogens is 4. The quantitative estimate of drug-likeness (QED) is 0.738. The Morgan fingerprint density at radius 3 is 2.38 bits per heavy atom. The molecular weight excluding hydrogens is 271 g/mol. The van der Waals surface area contributed by atoms with Crippen LogP contribution in [-0.2, 0) is 0 Å². The predicted molar refractivity (Wildman–Crippen MR) is 74.3 cm³/mol. The molecule has 0 radical (unpaired) electrons. The fourth-order valence-corrected chi connectivity index (χ4v) is 1.68. The lowest BCUT2D eigenvalue weighted by Crippen LogP contribution is -1.95. The molecule has 0 spiro atoms. The van der Waals surface area contributed by atoms with Crippen LogP contribution in [0.1, 0.15) is 5.69 Å². The van der Waals surface area contributed by atoms with E-state index in [1.165, 1.54) is 12.1 Å². The van der Waals surface area contributed by atoms with Crippen LogP contribution in [0.2, 0.25) is 0 Å². The zero-order chi connectivity index (χ0) is 14.7. The first-order valence-corrected chi connectivity index (χ1v) is 6.27. The fourth-order valence-electron chi connectivity index (χ4n) is 1.68. The van der Waals surface area contributed by atoms with Gasteiger partial charge in [0.2, 0.25) is 0 Å². The third-order valence-electron chi connectivity index (χ3n) is 2.76. The van der Waals surface area contributed by atoms with Crippen molar-refractivity contribution in [2.45, 2.75) is 6.92 Å². The summed E-state index contributed by atoms with van der Waals surface area (Å²) in [6, 6.07) is 9.84. The highest BCUT2D eigenvalue weighted by molar-refractivity contribution is 5.55. The first-order chi connectivity index (χ1) is 10.2. The molecule has 5 nitrogen and oxygen atoms in total. The van der Waals surface area contributed by atoms with Crippen molar-refractivity contribution in [3.63, 3.8) is 0 Å². The highest BCUT2D eigenvalue weighted by atomic mass is 19.1. The Balaban J connectivity index is 1.81. The Labute approximate surface area is 120 Å². The molecule has 21 heavy (non-hydrogen) atoms.